The molecule has 0 aliphatic heterocycles. The maximum atomic E-state index is 3.59. The van der Waals surface area contributed by atoms with Crippen molar-refractivity contribution in [1.29, 1.82) is 0 Å². The smallest absolute Gasteiger partial charge is 0.0368 e. The van der Waals surface area contributed by atoms with Crippen molar-refractivity contribution in [3.05, 3.63) is 50.6 Å². The SMILES string of the molecule is CCNC(Cc1cc(Br)cs1)c1ccc(SCC)cc1. The molecule has 0 saturated carbocycles. The topological polar surface area (TPSA) is 12.0 Å². The standard InChI is InChI=1S/C16H20BrNS2/c1-3-18-16(10-15-9-13(17)11-20-15)12-5-7-14(8-6-12)19-4-2/h5-9,11,16,18H,3-4,10H2,1-2H3. The lowest BCUT2D eigenvalue weighted by molar-refractivity contribution is 0.553. The van der Waals surface area contributed by atoms with Gasteiger partial charge < -0.3 is 5.32 Å². The summed E-state index contributed by atoms with van der Waals surface area (Å²) in [6.45, 7) is 5.34. The van der Waals surface area contributed by atoms with E-state index in [1.165, 1.54) is 19.8 Å². The number of nitrogens with one attached hydrogen (secondary N) is 1. The van der Waals surface area contributed by atoms with Crippen molar-refractivity contribution >= 4 is 39.0 Å². The van der Waals surface area contributed by atoms with Crippen molar-refractivity contribution in [2.45, 2.75) is 31.2 Å². The first kappa shape index (κ1) is 16.1. The molecule has 1 N–H and O–H groups in total. The Hall–Kier alpha value is -0.290. The Bertz CT molecular complexity index is 522. The van der Waals surface area contributed by atoms with Gasteiger partial charge in [-0.2, -0.15) is 0 Å². The zero-order chi connectivity index (χ0) is 14.4. The molecule has 0 aliphatic carbocycles. The van der Waals surface area contributed by atoms with E-state index in [4.69, 9.17) is 0 Å². The molecule has 0 spiro atoms. The Balaban J connectivity index is 2.10. The van der Waals surface area contributed by atoms with Crippen LogP contribution in [0.5, 0.6) is 0 Å². The Labute approximate surface area is 138 Å². The van der Waals surface area contributed by atoms with Gasteiger partial charge in [0.2, 0.25) is 0 Å². The number of halogens is 1. The fraction of sp³-hybridized carbons (Fsp3) is 0.375. The van der Waals surface area contributed by atoms with Gasteiger partial charge in [-0.15, -0.1) is 23.1 Å². The highest BCUT2D eigenvalue weighted by atomic mass is 79.9. The summed E-state index contributed by atoms with van der Waals surface area (Å²) >= 11 is 7.24. The van der Waals surface area contributed by atoms with Gasteiger partial charge in [-0.05, 0) is 52.0 Å². The first-order valence-electron chi connectivity index (χ1n) is 6.92. The fourth-order valence-corrected chi connectivity index (χ4v) is 4.34. The molecule has 0 aliphatic rings. The quantitative estimate of drug-likeness (QED) is 0.645. The van der Waals surface area contributed by atoms with E-state index >= 15 is 0 Å². The summed E-state index contributed by atoms with van der Waals surface area (Å²) in [4.78, 5) is 2.76. The summed E-state index contributed by atoms with van der Waals surface area (Å²) in [5.74, 6) is 1.12. The van der Waals surface area contributed by atoms with Crippen LogP contribution < -0.4 is 5.32 Å². The minimum Gasteiger partial charge on any atom is -0.310 e. The molecular weight excluding hydrogens is 350 g/mol. The van der Waals surface area contributed by atoms with Gasteiger partial charge in [-0.25, -0.2) is 0 Å². The second-order valence-electron chi connectivity index (χ2n) is 4.55. The minimum absolute atomic E-state index is 0.395. The number of rotatable bonds is 7. The average molecular weight is 370 g/mol. The molecule has 4 heteroatoms. The van der Waals surface area contributed by atoms with E-state index < -0.39 is 0 Å². The van der Waals surface area contributed by atoms with Crippen molar-refractivity contribution in [2.24, 2.45) is 0 Å². The predicted molar refractivity (Wildman–Crippen MR) is 95.0 cm³/mol. The van der Waals surface area contributed by atoms with Crippen LogP contribution in [0.3, 0.4) is 0 Å². The second kappa shape index (κ2) is 8.23. The number of thiophene rings is 1. The lowest BCUT2D eigenvalue weighted by Gasteiger charge is -2.18. The molecule has 2 aromatic rings. The molecule has 1 aromatic carbocycles. The van der Waals surface area contributed by atoms with Gasteiger partial charge >= 0.3 is 0 Å². The molecule has 1 unspecified atom stereocenters. The van der Waals surface area contributed by atoms with E-state index in [1.807, 2.05) is 23.1 Å². The van der Waals surface area contributed by atoms with E-state index in [0.29, 0.717) is 6.04 Å². The molecule has 108 valence electrons. The Kier molecular flexibility index (Phi) is 6.62. The van der Waals surface area contributed by atoms with Gasteiger partial charge in [-0.3, -0.25) is 0 Å². The largest absolute Gasteiger partial charge is 0.310 e. The molecule has 1 heterocycles. The summed E-state index contributed by atoms with van der Waals surface area (Å²) in [5.41, 5.74) is 1.37. The van der Waals surface area contributed by atoms with Crippen LogP contribution in [0.4, 0.5) is 0 Å². The zero-order valence-corrected chi connectivity index (χ0v) is 15.1. The molecular formula is C16H20BrNS2. The number of likely N-dealkylation sites (N-methyl/N-ethyl adjacent to an activating group) is 1. The van der Waals surface area contributed by atoms with Crippen LogP contribution in [0, 0.1) is 0 Å². The molecule has 1 aromatic heterocycles. The molecule has 0 saturated heterocycles. The Morgan fingerprint density at radius 3 is 2.55 bits per heavy atom. The molecule has 0 amide bonds. The van der Waals surface area contributed by atoms with Crippen LogP contribution >= 0.6 is 39.0 Å². The molecule has 0 bridgehead atoms. The maximum absolute atomic E-state index is 3.59. The van der Waals surface area contributed by atoms with Crippen LogP contribution in [-0.4, -0.2) is 12.3 Å². The van der Waals surface area contributed by atoms with Crippen LogP contribution in [0.2, 0.25) is 0 Å². The number of benzene rings is 1. The van der Waals surface area contributed by atoms with Crippen LogP contribution in [0.15, 0.2) is 45.1 Å². The van der Waals surface area contributed by atoms with Crippen molar-refractivity contribution in [3.8, 4) is 0 Å². The third kappa shape index (κ3) is 4.62. The van der Waals surface area contributed by atoms with E-state index in [-0.39, 0.29) is 0 Å². The molecule has 2 rings (SSSR count). The zero-order valence-electron chi connectivity index (χ0n) is 11.9. The third-order valence-corrected chi connectivity index (χ3v) is 5.69. The first-order valence-corrected chi connectivity index (χ1v) is 9.57. The van der Waals surface area contributed by atoms with Gasteiger partial charge in [0.15, 0.2) is 0 Å². The van der Waals surface area contributed by atoms with E-state index in [1.54, 1.807) is 0 Å². The highest BCUT2D eigenvalue weighted by Gasteiger charge is 2.12. The van der Waals surface area contributed by atoms with Gasteiger partial charge in [0.25, 0.3) is 0 Å². The summed E-state index contributed by atoms with van der Waals surface area (Å²) < 4.78 is 1.18. The first-order chi connectivity index (χ1) is 9.72. The number of hydrogen-bond donors (Lipinski definition) is 1. The van der Waals surface area contributed by atoms with E-state index in [9.17, 15) is 0 Å². The lowest BCUT2D eigenvalue weighted by Crippen LogP contribution is -2.22. The van der Waals surface area contributed by atoms with Gasteiger partial charge in [0.1, 0.15) is 0 Å². The second-order valence-corrected chi connectivity index (χ2v) is 7.80. The Morgan fingerprint density at radius 1 is 1.25 bits per heavy atom. The fourth-order valence-electron chi connectivity index (χ4n) is 2.18. The summed E-state index contributed by atoms with van der Waals surface area (Å²) in [6.07, 6.45) is 1.05. The van der Waals surface area contributed by atoms with Gasteiger partial charge in [-0.1, -0.05) is 26.0 Å². The monoisotopic (exact) mass is 369 g/mol. The number of hydrogen-bond acceptors (Lipinski definition) is 3. The van der Waals surface area contributed by atoms with Crippen molar-refractivity contribution in [3.63, 3.8) is 0 Å². The highest BCUT2D eigenvalue weighted by Crippen LogP contribution is 2.27. The average Bonchev–Trinajstić information content (AvgIpc) is 2.85. The molecule has 1 nitrogen and oxygen atoms in total. The predicted octanol–water partition coefficient (Wildman–Crippen LogP) is 5.52. The highest BCUT2D eigenvalue weighted by molar-refractivity contribution is 9.10. The van der Waals surface area contributed by atoms with Gasteiger partial charge in [0, 0.05) is 32.1 Å². The molecule has 20 heavy (non-hydrogen) atoms. The van der Waals surface area contributed by atoms with Crippen molar-refractivity contribution < 1.29 is 0 Å². The normalized spacial score (nSPS) is 12.6. The van der Waals surface area contributed by atoms with Crippen LogP contribution in [0.1, 0.15) is 30.3 Å². The van der Waals surface area contributed by atoms with Crippen molar-refractivity contribution in [2.75, 3.05) is 12.3 Å². The van der Waals surface area contributed by atoms with Crippen LogP contribution in [0.25, 0.3) is 0 Å². The minimum atomic E-state index is 0.395. The summed E-state index contributed by atoms with van der Waals surface area (Å²) in [7, 11) is 0. The van der Waals surface area contributed by atoms with Gasteiger partial charge in [0.05, 0.1) is 0 Å². The van der Waals surface area contributed by atoms with Crippen molar-refractivity contribution in [1.82, 2.24) is 5.32 Å². The number of thioether (sulfide) groups is 1. The maximum Gasteiger partial charge on any atom is 0.0368 e. The third-order valence-electron chi connectivity index (χ3n) is 3.07. The summed E-state index contributed by atoms with van der Waals surface area (Å²) in [5, 5.41) is 5.74. The van der Waals surface area contributed by atoms with E-state index in [0.717, 1.165) is 18.7 Å². The lowest BCUT2D eigenvalue weighted by atomic mass is 10.0. The Morgan fingerprint density at radius 2 is 2.00 bits per heavy atom. The molecule has 1 atom stereocenters. The summed E-state index contributed by atoms with van der Waals surface area (Å²) in [6, 6.07) is 11.6. The molecule has 0 radical (unpaired) electrons. The molecule has 0 fully saturated rings. The van der Waals surface area contributed by atoms with Crippen LogP contribution in [-0.2, 0) is 6.42 Å². The van der Waals surface area contributed by atoms with E-state index in [2.05, 4.69) is 70.8 Å².